The highest BCUT2D eigenvalue weighted by molar-refractivity contribution is 7.53. The Kier molecular flexibility index (Phi) is 8.04. The van der Waals surface area contributed by atoms with Gasteiger partial charge in [0.1, 0.15) is 6.61 Å². The first-order chi connectivity index (χ1) is 7.18. The third-order valence-corrected chi connectivity index (χ3v) is 3.47. The maximum absolute atomic E-state index is 12.0. The predicted molar refractivity (Wildman–Crippen MR) is 62.8 cm³/mol. The Morgan fingerprint density at radius 3 is 2.47 bits per heavy atom. The maximum Gasteiger partial charge on any atom is 0.331 e. The Labute approximate surface area is 91.7 Å². The van der Waals surface area contributed by atoms with Gasteiger partial charge in [0.25, 0.3) is 0 Å². The lowest BCUT2D eigenvalue weighted by Gasteiger charge is -2.16. The molecule has 0 aromatic rings. The summed E-state index contributed by atoms with van der Waals surface area (Å²) in [5, 5.41) is 0. The predicted octanol–water partition coefficient (Wildman–Crippen LogP) is 3.00. The average molecular weight is 228 g/mol. The minimum atomic E-state index is -3.04. The van der Waals surface area contributed by atoms with Crippen LogP contribution in [0.25, 0.3) is 0 Å². The molecule has 0 radical (unpaired) electrons. The van der Waals surface area contributed by atoms with E-state index in [1.54, 1.807) is 12.2 Å². The first-order valence-corrected chi connectivity index (χ1v) is 6.44. The van der Waals surface area contributed by atoms with Crippen molar-refractivity contribution in [3.8, 4) is 12.3 Å². The third kappa shape index (κ3) is 7.16. The van der Waals surface area contributed by atoms with E-state index in [0.717, 1.165) is 0 Å². The number of hydrogen-bond acceptors (Lipinski definition) is 3. The van der Waals surface area contributed by atoms with Gasteiger partial charge in [0.05, 0.1) is 12.8 Å². The van der Waals surface area contributed by atoms with Crippen molar-refractivity contribution < 1.29 is 13.6 Å². The minimum Gasteiger partial charge on any atom is -0.308 e. The van der Waals surface area contributed by atoms with Crippen molar-refractivity contribution >= 4 is 7.60 Å². The molecule has 3 nitrogen and oxygen atoms in total. The Hall–Kier alpha value is -0.810. The number of allylic oxidation sites excluding steroid dienone is 1. The molecule has 1 atom stereocenters. The van der Waals surface area contributed by atoms with E-state index in [0.29, 0.717) is 25.6 Å². The second-order valence-corrected chi connectivity index (χ2v) is 4.99. The van der Waals surface area contributed by atoms with Gasteiger partial charge in [-0.2, -0.15) is 0 Å². The van der Waals surface area contributed by atoms with Crippen molar-refractivity contribution in [1.82, 2.24) is 0 Å². The van der Waals surface area contributed by atoms with Crippen LogP contribution in [0.2, 0.25) is 0 Å². The molecule has 0 bridgehead atoms. The van der Waals surface area contributed by atoms with Crippen molar-refractivity contribution in [3.63, 3.8) is 0 Å². The fourth-order valence-corrected chi connectivity index (χ4v) is 2.31. The van der Waals surface area contributed by atoms with Gasteiger partial charge in [0.15, 0.2) is 0 Å². The topological polar surface area (TPSA) is 35.5 Å². The monoisotopic (exact) mass is 228 g/mol. The standard InChI is InChI=1S/C11H17O3P/c1-4-7-10-14-15(12,11-8-5-2)13-9-6-3/h3-5H,1-2,7-11H2. The van der Waals surface area contributed by atoms with Crippen molar-refractivity contribution in [3.05, 3.63) is 25.3 Å². The fourth-order valence-electron chi connectivity index (χ4n) is 0.827. The quantitative estimate of drug-likeness (QED) is 0.263. The molecule has 1 unspecified atom stereocenters. The molecule has 0 rings (SSSR count). The molecule has 0 N–H and O–H groups in total. The van der Waals surface area contributed by atoms with E-state index in [1.807, 2.05) is 0 Å². The van der Waals surface area contributed by atoms with Crippen LogP contribution < -0.4 is 0 Å². The summed E-state index contributed by atoms with van der Waals surface area (Å²) in [5.41, 5.74) is 0. The molecule has 0 aliphatic carbocycles. The first-order valence-electron chi connectivity index (χ1n) is 4.72. The second-order valence-electron chi connectivity index (χ2n) is 2.80. The highest BCUT2D eigenvalue weighted by atomic mass is 31.2. The van der Waals surface area contributed by atoms with Gasteiger partial charge in [-0.3, -0.25) is 9.09 Å². The summed E-state index contributed by atoms with van der Waals surface area (Å²) in [6.07, 6.45) is 9.92. The van der Waals surface area contributed by atoms with Crippen molar-refractivity contribution in [2.75, 3.05) is 19.4 Å². The van der Waals surface area contributed by atoms with E-state index in [9.17, 15) is 4.57 Å². The van der Waals surface area contributed by atoms with Crippen LogP contribution >= 0.6 is 7.60 Å². The SMILES string of the molecule is C#CCOP(=O)(CCC=C)OCCC=C. The van der Waals surface area contributed by atoms with Gasteiger partial charge in [0, 0.05) is 0 Å². The van der Waals surface area contributed by atoms with Crippen LogP contribution in [0, 0.1) is 12.3 Å². The Balaban J connectivity index is 4.14. The summed E-state index contributed by atoms with van der Waals surface area (Å²) in [4.78, 5) is 0. The lowest BCUT2D eigenvalue weighted by Crippen LogP contribution is -2.01. The zero-order valence-corrected chi connectivity index (χ0v) is 9.75. The Morgan fingerprint density at radius 1 is 1.27 bits per heavy atom. The Morgan fingerprint density at radius 2 is 1.93 bits per heavy atom. The first kappa shape index (κ1) is 14.2. The molecule has 0 aromatic carbocycles. The summed E-state index contributed by atoms with van der Waals surface area (Å²) >= 11 is 0. The van der Waals surface area contributed by atoms with E-state index in [2.05, 4.69) is 19.1 Å². The number of terminal acetylenes is 1. The largest absolute Gasteiger partial charge is 0.331 e. The van der Waals surface area contributed by atoms with Gasteiger partial charge in [-0.1, -0.05) is 18.1 Å². The van der Waals surface area contributed by atoms with Crippen LogP contribution in [0.4, 0.5) is 0 Å². The molecule has 0 saturated heterocycles. The fraction of sp³-hybridized carbons (Fsp3) is 0.455. The van der Waals surface area contributed by atoms with Gasteiger partial charge in [-0.15, -0.1) is 19.6 Å². The van der Waals surface area contributed by atoms with Crippen molar-refractivity contribution in [1.29, 1.82) is 0 Å². The highest BCUT2D eigenvalue weighted by Gasteiger charge is 2.22. The molecule has 0 spiro atoms. The van der Waals surface area contributed by atoms with Crippen LogP contribution in [0.3, 0.4) is 0 Å². The molecule has 0 aliphatic rings. The molecular formula is C11H17O3P. The summed E-state index contributed by atoms with van der Waals surface area (Å²) in [6, 6.07) is 0. The Bertz CT molecular complexity index is 278. The van der Waals surface area contributed by atoms with Crippen LogP contribution in [-0.4, -0.2) is 19.4 Å². The second kappa shape index (κ2) is 8.49. The third-order valence-electron chi connectivity index (χ3n) is 1.56. The van der Waals surface area contributed by atoms with E-state index < -0.39 is 7.60 Å². The number of rotatable bonds is 9. The lowest BCUT2D eigenvalue weighted by molar-refractivity contribution is 0.225. The normalized spacial score (nSPS) is 13.8. The molecular weight excluding hydrogens is 211 g/mol. The van der Waals surface area contributed by atoms with Gasteiger partial charge in [-0.25, -0.2) is 0 Å². The van der Waals surface area contributed by atoms with Gasteiger partial charge >= 0.3 is 7.60 Å². The zero-order chi connectivity index (χ0) is 11.6. The molecule has 4 heteroatoms. The van der Waals surface area contributed by atoms with E-state index in [-0.39, 0.29) is 6.61 Å². The average Bonchev–Trinajstić information content (AvgIpc) is 2.24. The molecule has 0 aliphatic heterocycles. The molecule has 0 fully saturated rings. The smallest absolute Gasteiger partial charge is 0.308 e. The lowest BCUT2D eigenvalue weighted by atomic mass is 10.5. The molecule has 0 amide bonds. The number of hydrogen-bond donors (Lipinski definition) is 0. The van der Waals surface area contributed by atoms with Gasteiger partial charge in [0.2, 0.25) is 0 Å². The zero-order valence-electron chi connectivity index (χ0n) is 8.85. The molecule has 15 heavy (non-hydrogen) atoms. The highest BCUT2D eigenvalue weighted by Crippen LogP contribution is 2.48. The van der Waals surface area contributed by atoms with Crippen LogP contribution in [0.5, 0.6) is 0 Å². The molecule has 0 heterocycles. The summed E-state index contributed by atoms with van der Waals surface area (Å²) in [5.74, 6) is 2.27. The van der Waals surface area contributed by atoms with Crippen molar-refractivity contribution in [2.45, 2.75) is 12.8 Å². The van der Waals surface area contributed by atoms with Crippen LogP contribution in [0.1, 0.15) is 12.8 Å². The van der Waals surface area contributed by atoms with E-state index in [4.69, 9.17) is 15.5 Å². The summed E-state index contributed by atoms with van der Waals surface area (Å²) < 4.78 is 22.2. The van der Waals surface area contributed by atoms with Gasteiger partial charge < -0.3 is 4.52 Å². The van der Waals surface area contributed by atoms with Gasteiger partial charge in [-0.05, 0) is 12.8 Å². The maximum atomic E-state index is 12.0. The molecule has 0 saturated carbocycles. The van der Waals surface area contributed by atoms with E-state index in [1.165, 1.54) is 0 Å². The minimum absolute atomic E-state index is 0.00249. The molecule has 84 valence electrons. The molecule has 0 aromatic heterocycles. The van der Waals surface area contributed by atoms with Crippen LogP contribution in [0.15, 0.2) is 25.3 Å². The van der Waals surface area contributed by atoms with E-state index >= 15 is 0 Å². The summed E-state index contributed by atoms with van der Waals surface area (Å²) in [7, 11) is -3.04. The van der Waals surface area contributed by atoms with Crippen molar-refractivity contribution in [2.24, 2.45) is 0 Å². The summed E-state index contributed by atoms with van der Waals surface area (Å²) in [6.45, 7) is 7.44. The van der Waals surface area contributed by atoms with Crippen LogP contribution in [-0.2, 0) is 13.6 Å².